The number of hydrogen-bond donors (Lipinski definition) is 0. The monoisotopic (exact) mass is 218 g/mol. The molecule has 0 spiro atoms. The normalized spacial score (nSPS) is 9.93. The Kier molecular flexibility index (Phi) is 2.74. The van der Waals surface area contributed by atoms with Gasteiger partial charge in [-0.3, -0.25) is 9.78 Å². The van der Waals surface area contributed by atoms with Crippen molar-refractivity contribution >= 4 is 16.8 Å². The third-order valence-corrected chi connectivity index (χ3v) is 2.07. The lowest BCUT2D eigenvalue weighted by molar-refractivity contribution is 0.107. The van der Waals surface area contributed by atoms with Gasteiger partial charge in [0.15, 0.2) is 0 Å². The van der Waals surface area contributed by atoms with Gasteiger partial charge >= 0.3 is 0 Å². The van der Waals surface area contributed by atoms with Crippen LogP contribution in [0.1, 0.15) is 10.5 Å². The van der Waals surface area contributed by atoms with Crippen LogP contribution in [0.3, 0.4) is 0 Å². The molecule has 0 N–H and O–H groups in total. The Balaban J connectivity index is 2.46. The Hall–Kier alpha value is -1.74. The molecule has 0 amide bonds. The molecule has 0 aromatic carbocycles. The van der Waals surface area contributed by atoms with Gasteiger partial charge in [-0.1, -0.05) is 12.1 Å². The molecule has 0 fully saturated rings. The van der Waals surface area contributed by atoms with Crippen LogP contribution < -0.4 is 0 Å². The summed E-state index contributed by atoms with van der Waals surface area (Å²) in [5, 5.41) is -0.562. The van der Waals surface area contributed by atoms with Gasteiger partial charge in [-0.15, -0.1) is 0 Å². The van der Waals surface area contributed by atoms with E-state index in [1.807, 2.05) is 18.2 Å². The minimum atomic E-state index is -0.562. The summed E-state index contributed by atoms with van der Waals surface area (Å²) in [6.07, 6.45) is 1.67. The van der Waals surface area contributed by atoms with Gasteiger partial charge < -0.3 is 0 Å². The second-order valence-electron chi connectivity index (χ2n) is 2.90. The highest BCUT2D eigenvalue weighted by Gasteiger charge is 2.05. The predicted octanol–water partition coefficient (Wildman–Crippen LogP) is 2.52. The van der Waals surface area contributed by atoms with E-state index in [0.717, 1.165) is 5.69 Å². The van der Waals surface area contributed by atoms with Crippen molar-refractivity contribution in [1.82, 2.24) is 9.97 Å². The summed E-state index contributed by atoms with van der Waals surface area (Å²) in [7, 11) is 0. The predicted molar refractivity (Wildman–Crippen MR) is 57.7 cm³/mol. The minimum absolute atomic E-state index is 0.236. The number of hydrogen-bond acceptors (Lipinski definition) is 3. The largest absolute Gasteiger partial charge is 0.274 e. The quantitative estimate of drug-likeness (QED) is 0.728. The molecule has 0 aliphatic carbocycles. The smallest absolute Gasteiger partial charge is 0.270 e. The second-order valence-corrected chi connectivity index (χ2v) is 3.24. The molecule has 74 valence electrons. The summed E-state index contributed by atoms with van der Waals surface area (Å²) in [6, 6.07) is 10.6. The lowest BCUT2D eigenvalue weighted by Crippen LogP contribution is -1.95. The zero-order valence-corrected chi connectivity index (χ0v) is 8.48. The van der Waals surface area contributed by atoms with Gasteiger partial charge in [0.05, 0.1) is 11.4 Å². The third kappa shape index (κ3) is 2.19. The van der Waals surface area contributed by atoms with Crippen molar-refractivity contribution in [3.05, 3.63) is 48.3 Å². The molecule has 0 aliphatic heterocycles. The molecular weight excluding hydrogens is 212 g/mol. The molecule has 0 aliphatic rings. The van der Waals surface area contributed by atoms with E-state index < -0.39 is 5.24 Å². The molecule has 4 heteroatoms. The van der Waals surface area contributed by atoms with Crippen LogP contribution in [0.15, 0.2) is 42.6 Å². The highest BCUT2D eigenvalue weighted by Crippen LogP contribution is 2.14. The summed E-state index contributed by atoms with van der Waals surface area (Å²) in [6.45, 7) is 0. The number of carbonyl (C=O) groups excluding carboxylic acids is 1. The summed E-state index contributed by atoms with van der Waals surface area (Å²) < 4.78 is 0. The fourth-order valence-corrected chi connectivity index (χ4v) is 1.31. The molecule has 2 aromatic heterocycles. The molecule has 0 saturated heterocycles. The van der Waals surface area contributed by atoms with E-state index in [2.05, 4.69) is 9.97 Å². The lowest BCUT2D eigenvalue weighted by atomic mass is 10.2. The fraction of sp³-hybridized carbons (Fsp3) is 0. The number of nitrogens with zero attached hydrogens (tertiary/aromatic N) is 2. The van der Waals surface area contributed by atoms with E-state index in [0.29, 0.717) is 5.69 Å². The summed E-state index contributed by atoms with van der Waals surface area (Å²) in [5.74, 6) is 0. The first kappa shape index (κ1) is 9.80. The molecule has 2 heterocycles. The maximum absolute atomic E-state index is 10.9. The summed E-state index contributed by atoms with van der Waals surface area (Å²) >= 11 is 5.34. The standard InChI is InChI=1S/C11H7ClN2O/c12-11(15)10-6-3-5-9(14-10)8-4-1-2-7-13-8/h1-7H. The number of aromatic nitrogens is 2. The van der Waals surface area contributed by atoms with Crippen LogP contribution in [0.4, 0.5) is 0 Å². The first-order valence-electron chi connectivity index (χ1n) is 4.35. The minimum Gasteiger partial charge on any atom is -0.274 e. The van der Waals surface area contributed by atoms with Crippen LogP contribution in [0, 0.1) is 0 Å². The maximum atomic E-state index is 10.9. The molecule has 0 bridgehead atoms. The fourth-order valence-electron chi connectivity index (χ4n) is 1.20. The highest BCUT2D eigenvalue weighted by molar-refractivity contribution is 6.67. The van der Waals surface area contributed by atoms with Gasteiger partial charge in [-0.2, -0.15) is 0 Å². The Morgan fingerprint density at radius 3 is 2.53 bits per heavy atom. The molecule has 2 rings (SSSR count). The van der Waals surface area contributed by atoms with E-state index in [1.54, 1.807) is 24.4 Å². The van der Waals surface area contributed by atoms with Crippen molar-refractivity contribution in [2.75, 3.05) is 0 Å². The van der Waals surface area contributed by atoms with Crippen molar-refractivity contribution in [3.8, 4) is 11.4 Å². The topological polar surface area (TPSA) is 42.9 Å². The number of carbonyl (C=O) groups is 1. The van der Waals surface area contributed by atoms with E-state index >= 15 is 0 Å². The van der Waals surface area contributed by atoms with Gasteiger partial charge in [-0.25, -0.2) is 4.98 Å². The van der Waals surface area contributed by atoms with Gasteiger partial charge in [0.1, 0.15) is 5.69 Å². The average Bonchev–Trinajstić information content (AvgIpc) is 2.30. The molecular formula is C11H7ClN2O. The zero-order valence-electron chi connectivity index (χ0n) is 7.72. The van der Waals surface area contributed by atoms with E-state index in [-0.39, 0.29) is 5.69 Å². The lowest BCUT2D eigenvalue weighted by Gasteiger charge is -2.00. The van der Waals surface area contributed by atoms with E-state index in [1.165, 1.54) is 0 Å². The first-order valence-corrected chi connectivity index (χ1v) is 4.73. The van der Waals surface area contributed by atoms with Crippen LogP contribution in [0.25, 0.3) is 11.4 Å². The number of pyridine rings is 2. The van der Waals surface area contributed by atoms with E-state index in [9.17, 15) is 4.79 Å². The Labute approximate surface area is 91.8 Å². The second kappa shape index (κ2) is 4.19. The molecule has 2 aromatic rings. The number of rotatable bonds is 2. The van der Waals surface area contributed by atoms with Crippen molar-refractivity contribution in [3.63, 3.8) is 0 Å². The molecule has 0 radical (unpaired) electrons. The van der Waals surface area contributed by atoms with Crippen molar-refractivity contribution < 1.29 is 4.79 Å². The maximum Gasteiger partial charge on any atom is 0.270 e. The van der Waals surface area contributed by atoms with Gasteiger partial charge in [0.25, 0.3) is 5.24 Å². The summed E-state index contributed by atoms with van der Waals surface area (Å²) in [4.78, 5) is 19.1. The zero-order chi connectivity index (χ0) is 10.7. The van der Waals surface area contributed by atoms with E-state index in [4.69, 9.17) is 11.6 Å². The average molecular weight is 219 g/mol. The van der Waals surface area contributed by atoms with Crippen LogP contribution >= 0.6 is 11.6 Å². The van der Waals surface area contributed by atoms with Crippen LogP contribution in [0.5, 0.6) is 0 Å². The van der Waals surface area contributed by atoms with Crippen LogP contribution in [-0.2, 0) is 0 Å². The molecule has 0 saturated carbocycles. The SMILES string of the molecule is O=C(Cl)c1cccc(-c2ccccn2)n1. The molecule has 3 nitrogen and oxygen atoms in total. The Bertz CT molecular complexity index is 485. The highest BCUT2D eigenvalue weighted by atomic mass is 35.5. The molecule has 15 heavy (non-hydrogen) atoms. The van der Waals surface area contributed by atoms with Crippen LogP contribution in [-0.4, -0.2) is 15.2 Å². The Morgan fingerprint density at radius 2 is 1.87 bits per heavy atom. The van der Waals surface area contributed by atoms with Crippen molar-refractivity contribution in [2.45, 2.75) is 0 Å². The van der Waals surface area contributed by atoms with Gasteiger partial charge in [0.2, 0.25) is 0 Å². The third-order valence-electron chi connectivity index (χ3n) is 1.88. The Morgan fingerprint density at radius 1 is 1.07 bits per heavy atom. The van der Waals surface area contributed by atoms with Gasteiger partial charge in [0, 0.05) is 6.20 Å². The van der Waals surface area contributed by atoms with Crippen molar-refractivity contribution in [1.29, 1.82) is 0 Å². The summed E-state index contributed by atoms with van der Waals surface area (Å²) in [5.41, 5.74) is 1.60. The number of halogens is 1. The first-order chi connectivity index (χ1) is 7.27. The molecule has 0 atom stereocenters. The van der Waals surface area contributed by atoms with Crippen LogP contribution in [0.2, 0.25) is 0 Å². The van der Waals surface area contributed by atoms with Gasteiger partial charge in [-0.05, 0) is 35.9 Å². The molecule has 0 unspecified atom stereocenters. The van der Waals surface area contributed by atoms with Crippen molar-refractivity contribution in [2.24, 2.45) is 0 Å².